The van der Waals surface area contributed by atoms with Gasteiger partial charge in [0.2, 0.25) is 17.7 Å². The summed E-state index contributed by atoms with van der Waals surface area (Å²) in [6.45, 7) is 3.25. The third-order valence-corrected chi connectivity index (χ3v) is 5.26. The van der Waals surface area contributed by atoms with E-state index in [0.717, 1.165) is 5.75 Å². The molecule has 3 amide bonds. The summed E-state index contributed by atoms with van der Waals surface area (Å²) in [6.07, 6.45) is 5.04. The first kappa shape index (κ1) is 27.5. The van der Waals surface area contributed by atoms with Gasteiger partial charge in [-0.2, -0.15) is 23.5 Å². The van der Waals surface area contributed by atoms with Gasteiger partial charge in [0.25, 0.3) is 0 Å². The first-order valence-corrected chi connectivity index (χ1v) is 12.2. The minimum atomic E-state index is -1.17. The standard InChI is InChI=1S/C18H34N4O5S2/c1-11(2)9-14(17(26)20-10-15(23)24)22-18(27)13(6-8-29-4)21-16(25)12(19)5-7-28-3/h11-14H,5-10,19H2,1-4H3,(H,20,26)(H,21,25)(H,22,27)(H,23,24). The molecule has 3 unspecified atom stereocenters. The lowest BCUT2D eigenvalue weighted by Crippen LogP contribution is -2.56. The van der Waals surface area contributed by atoms with E-state index in [9.17, 15) is 19.2 Å². The third-order valence-electron chi connectivity index (χ3n) is 3.97. The maximum absolute atomic E-state index is 12.8. The fraction of sp³-hybridized carbons (Fsp3) is 0.778. The number of nitrogens with two attached hydrogens (primary N) is 1. The van der Waals surface area contributed by atoms with Gasteiger partial charge in [-0.15, -0.1) is 0 Å². The maximum atomic E-state index is 12.8. The lowest BCUT2D eigenvalue weighted by atomic mass is 10.0. The molecule has 0 aromatic heterocycles. The quantitative estimate of drug-likeness (QED) is 0.235. The first-order chi connectivity index (χ1) is 13.6. The van der Waals surface area contributed by atoms with Crippen molar-refractivity contribution in [3.05, 3.63) is 0 Å². The lowest BCUT2D eigenvalue weighted by molar-refractivity contribution is -0.138. The van der Waals surface area contributed by atoms with E-state index in [4.69, 9.17) is 10.8 Å². The average Bonchev–Trinajstić information content (AvgIpc) is 2.65. The summed E-state index contributed by atoms with van der Waals surface area (Å²) in [5.41, 5.74) is 5.88. The largest absolute Gasteiger partial charge is 0.480 e. The van der Waals surface area contributed by atoms with E-state index in [2.05, 4.69) is 16.0 Å². The number of carboxylic acid groups (broad SMARTS) is 1. The summed E-state index contributed by atoms with van der Waals surface area (Å²) in [7, 11) is 0. The number of carbonyl (C=O) groups is 4. The number of amides is 3. The zero-order valence-electron chi connectivity index (χ0n) is 17.5. The molecule has 0 aliphatic rings. The smallest absolute Gasteiger partial charge is 0.322 e. The molecule has 0 bridgehead atoms. The minimum Gasteiger partial charge on any atom is -0.480 e. The Morgan fingerprint density at radius 1 is 0.897 bits per heavy atom. The number of carboxylic acids is 1. The number of hydrogen-bond acceptors (Lipinski definition) is 7. The molecule has 6 N–H and O–H groups in total. The molecule has 0 heterocycles. The van der Waals surface area contributed by atoms with E-state index < -0.39 is 48.4 Å². The molecule has 0 radical (unpaired) electrons. The van der Waals surface area contributed by atoms with Gasteiger partial charge in [-0.05, 0) is 49.2 Å². The molecule has 3 atom stereocenters. The first-order valence-electron chi connectivity index (χ1n) is 9.46. The van der Waals surface area contributed by atoms with Gasteiger partial charge < -0.3 is 26.8 Å². The Hall–Kier alpha value is -1.46. The molecule has 0 saturated carbocycles. The van der Waals surface area contributed by atoms with Crippen LogP contribution >= 0.6 is 23.5 Å². The predicted molar refractivity (Wildman–Crippen MR) is 118 cm³/mol. The number of rotatable bonds is 15. The summed E-state index contributed by atoms with van der Waals surface area (Å²) in [5, 5.41) is 16.4. The Balaban J connectivity index is 5.13. The second-order valence-corrected chi connectivity index (χ2v) is 9.00. The Morgan fingerprint density at radius 3 is 1.97 bits per heavy atom. The highest BCUT2D eigenvalue weighted by molar-refractivity contribution is 7.98. The number of nitrogens with one attached hydrogen (secondary N) is 3. The molecular formula is C18H34N4O5S2. The highest BCUT2D eigenvalue weighted by atomic mass is 32.2. The van der Waals surface area contributed by atoms with Crippen LogP contribution in [0.25, 0.3) is 0 Å². The molecule has 9 nitrogen and oxygen atoms in total. The van der Waals surface area contributed by atoms with Gasteiger partial charge in [0, 0.05) is 0 Å². The minimum absolute atomic E-state index is 0.0927. The molecule has 29 heavy (non-hydrogen) atoms. The van der Waals surface area contributed by atoms with E-state index in [0.29, 0.717) is 25.0 Å². The Morgan fingerprint density at radius 2 is 1.45 bits per heavy atom. The van der Waals surface area contributed by atoms with Crippen LogP contribution in [0.5, 0.6) is 0 Å². The van der Waals surface area contributed by atoms with Gasteiger partial charge in [-0.3, -0.25) is 19.2 Å². The van der Waals surface area contributed by atoms with E-state index in [1.165, 1.54) is 11.8 Å². The van der Waals surface area contributed by atoms with Gasteiger partial charge in [0.05, 0.1) is 6.04 Å². The lowest BCUT2D eigenvalue weighted by Gasteiger charge is -2.25. The number of carbonyl (C=O) groups excluding carboxylic acids is 3. The second-order valence-electron chi connectivity index (χ2n) is 7.03. The van der Waals surface area contributed by atoms with Crippen LogP contribution in [-0.2, 0) is 19.2 Å². The predicted octanol–water partition coefficient (Wildman–Crippen LogP) is 0.0364. The van der Waals surface area contributed by atoms with Crippen molar-refractivity contribution in [1.82, 2.24) is 16.0 Å². The summed E-state index contributed by atoms with van der Waals surface area (Å²) < 4.78 is 0. The van der Waals surface area contributed by atoms with Crippen molar-refractivity contribution in [3.63, 3.8) is 0 Å². The van der Waals surface area contributed by atoms with Crippen LogP contribution in [0.1, 0.15) is 33.1 Å². The zero-order chi connectivity index (χ0) is 22.4. The van der Waals surface area contributed by atoms with Crippen molar-refractivity contribution in [3.8, 4) is 0 Å². The van der Waals surface area contributed by atoms with E-state index in [1.54, 1.807) is 11.8 Å². The SMILES string of the molecule is CSCCC(N)C(=O)NC(CCSC)C(=O)NC(CC(C)C)C(=O)NCC(=O)O. The third kappa shape index (κ3) is 12.7. The van der Waals surface area contributed by atoms with E-state index in [1.807, 2.05) is 26.4 Å². The number of hydrogen-bond donors (Lipinski definition) is 5. The second kappa shape index (κ2) is 15.4. The molecule has 0 saturated heterocycles. The van der Waals surface area contributed by atoms with Crippen LogP contribution in [0.4, 0.5) is 0 Å². The molecule has 11 heteroatoms. The van der Waals surface area contributed by atoms with Crippen molar-refractivity contribution in [1.29, 1.82) is 0 Å². The monoisotopic (exact) mass is 450 g/mol. The highest BCUT2D eigenvalue weighted by Gasteiger charge is 2.28. The molecule has 0 aromatic rings. The zero-order valence-corrected chi connectivity index (χ0v) is 19.2. The van der Waals surface area contributed by atoms with Crippen molar-refractivity contribution >= 4 is 47.2 Å². The van der Waals surface area contributed by atoms with Crippen molar-refractivity contribution in [2.75, 3.05) is 30.6 Å². The normalized spacial score (nSPS) is 14.0. The van der Waals surface area contributed by atoms with Crippen LogP contribution in [-0.4, -0.2) is 77.5 Å². The van der Waals surface area contributed by atoms with Crippen LogP contribution < -0.4 is 21.7 Å². The topological polar surface area (TPSA) is 151 Å². The van der Waals surface area contributed by atoms with Gasteiger partial charge >= 0.3 is 5.97 Å². The fourth-order valence-electron chi connectivity index (χ4n) is 2.42. The van der Waals surface area contributed by atoms with Crippen LogP contribution in [0.15, 0.2) is 0 Å². The molecule has 0 aromatic carbocycles. The molecular weight excluding hydrogens is 416 g/mol. The van der Waals surface area contributed by atoms with Gasteiger partial charge in [0.15, 0.2) is 0 Å². The van der Waals surface area contributed by atoms with Crippen molar-refractivity contribution < 1.29 is 24.3 Å². The molecule has 0 fully saturated rings. The Bertz CT molecular complexity index is 548. The fourth-order valence-corrected chi connectivity index (χ4v) is 3.38. The van der Waals surface area contributed by atoms with E-state index in [-0.39, 0.29) is 5.92 Å². The molecule has 0 aliphatic heterocycles. The summed E-state index contributed by atoms with van der Waals surface area (Å²) in [4.78, 5) is 48.1. The Labute approximate surface area is 181 Å². The van der Waals surface area contributed by atoms with E-state index >= 15 is 0 Å². The summed E-state index contributed by atoms with van der Waals surface area (Å²) in [5.74, 6) is -1.17. The van der Waals surface area contributed by atoms with Crippen LogP contribution in [0.3, 0.4) is 0 Å². The highest BCUT2D eigenvalue weighted by Crippen LogP contribution is 2.08. The number of thioether (sulfide) groups is 2. The van der Waals surface area contributed by atoms with Gasteiger partial charge in [-0.1, -0.05) is 13.8 Å². The maximum Gasteiger partial charge on any atom is 0.322 e. The average molecular weight is 451 g/mol. The Kier molecular flexibility index (Phi) is 14.6. The summed E-state index contributed by atoms with van der Waals surface area (Å²) >= 11 is 3.11. The van der Waals surface area contributed by atoms with Crippen molar-refractivity contribution in [2.45, 2.75) is 51.2 Å². The molecule has 168 valence electrons. The van der Waals surface area contributed by atoms with Gasteiger partial charge in [0.1, 0.15) is 18.6 Å². The van der Waals surface area contributed by atoms with Gasteiger partial charge in [-0.25, -0.2) is 0 Å². The summed E-state index contributed by atoms with van der Waals surface area (Å²) in [6, 6.07) is -2.42. The van der Waals surface area contributed by atoms with Crippen LogP contribution in [0.2, 0.25) is 0 Å². The molecule has 0 spiro atoms. The molecule has 0 rings (SSSR count). The van der Waals surface area contributed by atoms with Crippen LogP contribution in [0, 0.1) is 5.92 Å². The molecule has 0 aliphatic carbocycles. The van der Waals surface area contributed by atoms with Crippen molar-refractivity contribution in [2.24, 2.45) is 11.7 Å². The number of aliphatic carboxylic acids is 1.